The van der Waals surface area contributed by atoms with Crippen molar-refractivity contribution in [3.05, 3.63) is 72.3 Å². The van der Waals surface area contributed by atoms with Gasteiger partial charge in [-0.15, -0.1) is 6.58 Å². The van der Waals surface area contributed by atoms with Gasteiger partial charge in [0, 0.05) is 17.6 Å². The van der Waals surface area contributed by atoms with Crippen molar-refractivity contribution in [1.29, 1.82) is 0 Å². The Morgan fingerprint density at radius 3 is 2.30 bits per heavy atom. The van der Waals surface area contributed by atoms with Crippen LogP contribution in [0.2, 0.25) is 0 Å². The molecule has 0 N–H and O–H groups in total. The van der Waals surface area contributed by atoms with E-state index in [0.29, 0.717) is 6.61 Å². The van der Waals surface area contributed by atoms with Gasteiger partial charge in [0.1, 0.15) is 0 Å². The molecule has 0 heterocycles. The molecule has 0 spiro atoms. The maximum atomic E-state index is 12.5. The van der Waals surface area contributed by atoms with Gasteiger partial charge in [-0.25, -0.2) is 0 Å². The third kappa shape index (κ3) is 5.73. The van der Waals surface area contributed by atoms with Crippen LogP contribution in [0.5, 0.6) is 0 Å². The summed E-state index contributed by atoms with van der Waals surface area (Å²) in [4.78, 5) is 0. The van der Waals surface area contributed by atoms with Crippen LogP contribution in [-0.2, 0) is 15.5 Å². The second kappa shape index (κ2) is 8.73. The Labute approximate surface area is 122 Å². The minimum absolute atomic E-state index is 0.154. The molecule has 0 amide bonds. The fourth-order valence-electron chi connectivity index (χ4n) is 1.89. The molecule has 0 fully saturated rings. The summed E-state index contributed by atoms with van der Waals surface area (Å²) < 4.78 is 18.1. The highest BCUT2D eigenvalue weighted by atomic mass is 31.2. The van der Waals surface area contributed by atoms with Gasteiger partial charge in [-0.1, -0.05) is 48.6 Å². The number of rotatable bonds is 8. The van der Waals surface area contributed by atoms with Crippen LogP contribution in [0.1, 0.15) is 19.4 Å². The molecule has 0 aliphatic carbocycles. The molecule has 0 aromatic heterocycles. The lowest BCUT2D eigenvalue weighted by atomic mass is 10.0. The quantitative estimate of drug-likeness (QED) is 0.473. The Morgan fingerprint density at radius 1 is 1.20 bits per heavy atom. The van der Waals surface area contributed by atoms with E-state index >= 15 is 0 Å². The van der Waals surface area contributed by atoms with Gasteiger partial charge in [0.05, 0.1) is 6.61 Å². The first-order valence-electron chi connectivity index (χ1n) is 6.81. The van der Waals surface area contributed by atoms with E-state index in [0.717, 1.165) is 6.42 Å². The molecule has 1 rings (SSSR count). The molecule has 1 unspecified atom stereocenters. The van der Waals surface area contributed by atoms with Crippen molar-refractivity contribution in [2.75, 3.05) is 6.61 Å². The zero-order valence-electron chi connectivity index (χ0n) is 12.2. The number of hydrogen-bond donors (Lipinski definition) is 0. The molecule has 0 saturated heterocycles. The topological polar surface area (TPSA) is 26.3 Å². The summed E-state index contributed by atoms with van der Waals surface area (Å²) >= 11 is 0. The van der Waals surface area contributed by atoms with E-state index in [2.05, 4.69) is 18.7 Å². The Kier molecular flexibility index (Phi) is 7.28. The third-order valence-corrected chi connectivity index (χ3v) is 4.86. The highest BCUT2D eigenvalue weighted by Gasteiger charge is 2.17. The van der Waals surface area contributed by atoms with Crippen molar-refractivity contribution in [3.8, 4) is 0 Å². The minimum atomic E-state index is -2.80. The molecule has 1 aromatic rings. The lowest BCUT2D eigenvalue weighted by Crippen LogP contribution is -2.08. The lowest BCUT2D eigenvalue weighted by molar-refractivity contribution is 0.284. The first-order chi connectivity index (χ1) is 9.63. The maximum Gasteiger partial charge on any atom is 0.246 e. The van der Waals surface area contributed by atoms with E-state index in [1.807, 2.05) is 38.1 Å². The van der Waals surface area contributed by atoms with Gasteiger partial charge >= 0.3 is 0 Å². The van der Waals surface area contributed by atoms with E-state index in [1.54, 1.807) is 23.8 Å². The van der Waals surface area contributed by atoms with Crippen LogP contribution in [0, 0.1) is 5.92 Å². The predicted molar refractivity (Wildman–Crippen MR) is 87.0 cm³/mol. The molecule has 20 heavy (non-hydrogen) atoms. The highest BCUT2D eigenvalue weighted by Crippen LogP contribution is 2.50. The second-order valence-electron chi connectivity index (χ2n) is 4.59. The van der Waals surface area contributed by atoms with Crippen LogP contribution in [0.25, 0.3) is 0 Å². The van der Waals surface area contributed by atoms with E-state index in [9.17, 15) is 4.57 Å². The highest BCUT2D eigenvalue weighted by molar-refractivity contribution is 7.65. The Bertz CT molecular complexity index is 487. The summed E-state index contributed by atoms with van der Waals surface area (Å²) in [5, 5.41) is 0. The average molecular weight is 290 g/mol. The molecule has 0 aliphatic heterocycles. The van der Waals surface area contributed by atoms with Gasteiger partial charge in [-0.3, -0.25) is 4.57 Å². The first-order valence-corrected chi connectivity index (χ1v) is 8.58. The number of allylic oxidation sites excluding steroid dienone is 2. The Hall–Kier alpha value is -1.37. The second-order valence-corrected chi connectivity index (χ2v) is 6.74. The van der Waals surface area contributed by atoms with Crippen LogP contribution in [0.15, 0.2) is 66.8 Å². The van der Waals surface area contributed by atoms with E-state index in [1.165, 1.54) is 5.56 Å². The first kappa shape index (κ1) is 16.7. The van der Waals surface area contributed by atoms with Crippen LogP contribution < -0.4 is 0 Å². The zero-order chi connectivity index (χ0) is 14.8. The normalized spacial score (nSPS) is 13.9. The molecule has 0 saturated carbocycles. The van der Waals surface area contributed by atoms with Crippen molar-refractivity contribution in [3.63, 3.8) is 0 Å². The monoisotopic (exact) mass is 290 g/mol. The van der Waals surface area contributed by atoms with E-state index in [4.69, 9.17) is 4.52 Å². The minimum Gasteiger partial charge on any atom is -0.322 e. The van der Waals surface area contributed by atoms with Crippen molar-refractivity contribution < 1.29 is 9.09 Å². The summed E-state index contributed by atoms with van der Waals surface area (Å²) in [7, 11) is -2.80. The average Bonchev–Trinajstić information content (AvgIpc) is 2.45. The molecular formula is C17H23O2P. The molecular weight excluding hydrogens is 267 g/mol. The summed E-state index contributed by atoms with van der Waals surface area (Å²) in [6.45, 7) is 7.93. The van der Waals surface area contributed by atoms with Crippen LogP contribution in [-0.4, -0.2) is 6.61 Å². The lowest BCUT2D eigenvalue weighted by Gasteiger charge is -2.16. The van der Waals surface area contributed by atoms with Gasteiger partial charge in [0.15, 0.2) is 0 Å². The molecule has 108 valence electrons. The fraction of sp³-hybridized carbons (Fsp3) is 0.294. The molecule has 1 atom stereocenters. The van der Waals surface area contributed by atoms with Gasteiger partial charge in [-0.05, 0) is 25.8 Å². The smallest absolute Gasteiger partial charge is 0.246 e. The summed E-state index contributed by atoms with van der Waals surface area (Å²) in [5.74, 6) is 3.42. The van der Waals surface area contributed by atoms with Gasteiger partial charge in [0.25, 0.3) is 0 Å². The van der Waals surface area contributed by atoms with Crippen molar-refractivity contribution in [2.24, 2.45) is 5.92 Å². The molecule has 1 aromatic carbocycles. The fourth-order valence-corrected chi connectivity index (χ4v) is 3.42. The van der Waals surface area contributed by atoms with Crippen molar-refractivity contribution in [2.45, 2.75) is 20.3 Å². The number of benzene rings is 1. The molecule has 0 aliphatic rings. The third-order valence-electron chi connectivity index (χ3n) is 2.88. The van der Waals surface area contributed by atoms with Crippen LogP contribution in [0.3, 0.4) is 0 Å². The standard InChI is InChI=1S/C17H23O2P/c1-4-12-20(18,13-5-2)19-15-16(6-3)14-17-10-8-7-9-11-17/h4-13,16H,3,14-15H2,1-2H3/b12-4+,13-5+. The predicted octanol–water partition coefficient (Wildman–Crippen LogP) is 5.39. The van der Waals surface area contributed by atoms with Gasteiger partial charge in [0.2, 0.25) is 7.37 Å². The molecule has 3 heteroatoms. The Balaban J connectivity index is 2.65. The molecule has 0 bridgehead atoms. The zero-order valence-corrected chi connectivity index (χ0v) is 13.1. The van der Waals surface area contributed by atoms with Crippen LogP contribution >= 0.6 is 7.37 Å². The molecule has 0 radical (unpaired) electrons. The molecule has 2 nitrogen and oxygen atoms in total. The summed E-state index contributed by atoms with van der Waals surface area (Å²) in [6, 6.07) is 10.2. The van der Waals surface area contributed by atoms with Crippen molar-refractivity contribution in [1.82, 2.24) is 0 Å². The maximum absolute atomic E-state index is 12.5. The van der Waals surface area contributed by atoms with Crippen molar-refractivity contribution >= 4 is 7.37 Å². The van der Waals surface area contributed by atoms with Crippen LogP contribution in [0.4, 0.5) is 0 Å². The SMILES string of the molecule is C=CC(COP(=O)(/C=C/C)/C=C/C)Cc1ccccc1. The van der Waals surface area contributed by atoms with Gasteiger partial charge in [-0.2, -0.15) is 0 Å². The number of hydrogen-bond acceptors (Lipinski definition) is 2. The summed E-state index contributed by atoms with van der Waals surface area (Å²) in [5.41, 5.74) is 1.23. The van der Waals surface area contributed by atoms with E-state index < -0.39 is 7.37 Å². The Morgan fingerprint density at radius 2 is 1.80 bits per heavy atom. The largest absolute Gasteiger partial charge is 0.322 e. The summed E-state index contributed by atoms with van der Waals surface area (Å²) in [6.07, 6.45) is 6.24. The van der Waals surface area contributed by atoms with Gasteiger partial charge < -0.3 is 4.52 Å². The van der Waals surface area contributed by atoms with E-state index in [-0.39, 0.29) is 5.92 Å².